The summed E-state index contributed by atoms with van der Waals surface area (Å²) in [5, 5.41) is 0. The van der Waals surface area contributed by atoms with E-state index in [0.717, 1.165) is 12.8 Å². The molecule has 2 heteroatoms. The van der Waals surface area contributed by atoms with Crippen LogP contribution in [-0.2, 0) is 4.79 Å². The minimum absolute atomic E-state index is 0.294. The Morgan fingerprint density at radius 2 is 2.40 bits per heavy atom. The van der Waals surface area contributed by atoms with E-state index in [1.54, 1.807) is 17.8 Å². The lowest BCUT2D eigenvalue weighted by Gasteiger charge is -2.17. The molecule has 1 aliphatic rings. The molecule has 0 fully saturated rings. The van der Waals surface area contributed by atoms with E-state index in [2.05, 4.69) is 6.92 Å². The van der Waals surface area contributed by atoms with Crippen LogP contribution in [0, 0.1) is 5.92 Å². The summed E-state index contributed by atoms with van der Waals surface area (Å²) in [4.78, 5) is 12.1. The van der Waals surface area contributed by atoms with Gasteiger partial charge < -0.3 is 0 Å². The first-order chi connectivity index (χ1) is 4.74. The lowest BCUT2D eigenvalue weighted by atomic mass is 9.97. The average Bonchev–Trinajstić information content (AvgIpc) is 1.94. The molecule has 0 aromatic rings. The Hall–Kier alpha value is -0.240. The van der Waals surface area contributed by atoms with Gasteiger partial charge in [0.25, 0.3) is 0 Å². The van der Waals surface area contributed by atoms with Crippen LogP contribution in [0.2, 0.25) is 0 Å². The summed E-state index contributed by atoms with van der Waals surface area (Å²) in [5.41, 5.74) is 0. The van der Waals surface area contributed by atoms with Crippen LogP contribution in [0.5, 0.6) is 0 Å². The predicted octanol–water partition coefficient (Wildman–Crippen LogP) is 2.23. The Morgan fingerprint density at radius 1 is 1.70 bits per heavy atom. The molecule has 0 amide bonds. The summed E-state index contributed by atoms with van der Waals surface area (Å²) in [6.45, 7) is 2.18. The standard InChI is InChI=1S/C8H12OS/c1-6-3-4-7(9)5-8(6)10-2/h5-6H,3-4H2,1-2H3. The molecule has 0 aromatic carbocycles. The molecule has 0 heterocycles. The maximum Gasteiger partial charge on any atom is 0.156 e. The lowest BCUT2D eigenvalue weighted by molar-refractivity contribution is -0.115. The molecule has 1 rings (SSSR count). The molecular weight excluding hydrogens is 144 g/mol. The fourth-order valence-corrected chi connectivity index (χ4v) is 1.90. The Bertz CT molecular complexity index is 172. The Balaban J connectivity index is 2.71. The molecule has 10 heavy (non-hydrogen) atoms. The first-order valence-corrected chi connectivity index (χ1v) is 4.75. The summed E-state index contributed by atoms with van der Waals surface area (Å²) in [6.07, 6.45) is 5.59. The second-order valence-corrected chi connectivity index (χ2v) is 3.54. The SMILES string of the molecule is CSC1=CC(=O)CCC1C. The summed E-state index contributed by atoms with van der Waals surface area (Å²) < 4.78 is 0. The number of carbonyl (C=O) groups is 1. The molecule has 0 saturated heterocycles. The Kier molecular flexibility index (Phi) is 2.55. The first kappa shape index (κ1) is 7.86. The lowest BCUT2D eigenvalue weighted by Crippen LogP contribution is -2.08. The van der Waals surface area contributed by atoms with Crippen molar-refractivity contribution >= 4 is 17.5 Å². The van der Waals surface area contributed by atoms with Gasteiger partial charge in [0.15, 0.2) is 5.78 Å². The number of hydrogen-bond acceptors (Lipinski definition) is 2. The van der Waals surface area contributed by atoms with Crippen LogP contribution in [0.4, 0.5) is 0 Å². The molecule has 1 atom stereocenters. The van der Waals surface area contributed by atoms with E-state index in [9.17, 15) is 4.79 Å². The van der Waals surface area contributed by atoms with Crippen LogP contribution >= 0.6 is 11.8 Å². The first-order valence-electron chi connectivity index (χ1n) is 3.52. The highest BCUT2D eigenvalue weighted by Gasteiger charge is 2.15. The molecule has 0 spiro atoms. The van der Waals surface area contributed by atoms with Gasteiger partial charge in [0.2, 0.25) is 0 Å². The zero-order chi connectivity index (χ0) is 7.56. The third-order valence-corrected chi connectivity index (χ3v) is 2.84. The van der Waals surface area contributed by atoms with Gasteiger partial charge in [0.1, 0.15) is 0 Å². The van der Waals surface area contributed by atoms with Gasteiger partial charge in [-0.15, -0.1) is 11.8 Å². The minimum Gasteiger partial charge on any atom is -0.295 e. The van der Waals surface area contributed by atoms with E-state index in [1.807, 2.05) is 6.26 Å². The van der Waals surface area contributed by atoms with Crippen molar-refractivity contribution in [3.05, 3.63) is 11.0 Å². The number of thioether (sulfide) groups is 1. The van der Waals surface area contributed by atoms with Gasteiger partial charge in [-0.1, -0.05) is 6.92 Å². The van der Waals surface area contributed by atoms with Crippen LogP contribution in [0.1, 0.15) is 19.8 Å². The number of rotatable bonds is 1. The summed E-state index contributed by atoms with van der Waals surface area (Å²) in [7, 11) is 0. The molecule has 0 saturated carbocycles. The molecular formula is C8H12OS. The average molecular weight is 156 g/mol. The highest BCUT2D eigenvalue weighted by atomic mass is 32.2. The number of allylic oxidation sites excluding steroid dienone is 2. The predicted molar refractivity (Wildman–Crippen MR) is 45.0 cm³/mol. The fourth-order valence-electron chi connectivity index (χ4n) is 1.13. The van der Waals surface area contributed by atoms with E-state index in [0.29, 0.717) is 11.7 Å². The molecule has 0 radical (unpaired) electrons. The molecule has 0 bridgehead atoms. The summed E-state index contributed by atoms with van der Waals surface area (Å²) >= 11 is 1.70. The molecule has 1 nitrogen and oxygen atoms in total. The smallest absolute Gasteiger partial charge is 0.156 e. The van der Waals surface area contributed by atoms with Crippen molar-refractivity contribution < 1.29 is 4.79 Å². The maximum absolute atomic E-state index is 10.9. The van der Waals surface area contributed by atoms with Crippen molar-refractivity contribution in [1.82, 2.24) is 0 Å². The second kappa shape index (κ2) is 3.24. The summed E-state index contributed by atoms with van der Waals surface area (Å²) in [6, 6.07) is 0. The van der Waals surface area contributed by atoms with Crippen molar-refractivity contribution in [2.75, 3.05) is 6.26 Å². The van der Waals surface area contributed by atoms with Gasteiger partial charge >= 0.3 is 0 Å². The van der Waals surface area contributed by atoms with E-state index in [4.69, 9.17) is 0 Å². The van der Waals surface area contributed by atoms with Gasteiger partial charge in [0.05, 0.1) is 0 Å². The monoisotopic (exact) mass is 156 g/mol. The molecule has 1 unspecified atom stereocenters. The van der Waals surface area contributed by atoms with Crippen LogP contribution < -0.4 is 0 Å². The van der Waals surface area contributed by atoms with Crippen molar-refractivity contribution in [1.29, 1.82) is 0 Å². The van der Waals surface area contributed by atoms with Gasteiger partial charge in [0, 0.05) is 6.42 Å². The van der Waals surface area contributed by atoms with Gasteiger partial charge in [-0.3, -0.25) is 4.79 Å². The van der Waals surface area contributed by atoms with Gasteiger partial charge in [-0.05, 0) is 29.6 Å². The third kappa shape index (κ3) is 1.63. The Labute approximate surface area is 65.9 Å². The van der Waals surface area contributed by atoms with Gasteiger partial charge in [-0.2, -0.15) is 0 Å². The highest BCUT2D eigenvalue weighted by Crippen LogP contribution is 2.29. The maximum atomic E-state index is 10.9. The summed E-state index contributed by atoms with van der Waals surface area (Å²) in [5.74, 6) is 0.898. The van der Waals surface area contributed by atoms with Crippen LogP contribution in [0.25, 0.3) is 0 Å². The zero-order valence-corrected chi connectivity index (χ0v) is 7.20. The molecule has 0 aromatic heterocycles. The Morgan fingerprint density at radius 3 is 2.90 bits per heavy atom. The number of ketones is 1. The normalized spacial score (nSPS) is 26.4. The zero-order valence-electron chi connectivity index (χ0n) is 6.39. The number of hydrogen-bond donors (Lipinski definition) is 0. The van der Waals surface area contributed by atoms with Crippen molar-refractivity contribution in [3.63, 3.8) is 0 Å². The van der Waals surface area contributed by atoms with Crippen LogP contribution in [0.3, 0.4) is 0 Å². The topological polar surface area (TPSA) is 17.1 Å². The van der Waals surface area contributed by atoms with Crippen molar-refractivity contribution in [2.24, 2.45) is 5.92 Å². The van der Waals surface area contributed by atoms with E-state index < -0.39 is 0 Å². The molecule has 0 aliphatic heterocycles. The number of carbonyl (C=O) groups excluding carboxylic acids is 1. The molecule has 56 valence electrons. The highest BCUT2D eigenvalue weighted by molar-refractivity contribution is 8.02. The van der Waals surface area contributed by atoms with E-state index in [-0.39, 0.29) is 0 Å². The fraction of sp³-hybridized carbons (Fsp3) is 0.625. The van der Waals surface area contributed by atoms with Crippen LogP contribution in [-0.4, -0.2) is 12.0 Å². The molecule has 0 N–H and O–H groups in total. The van der Waals surface area contributed by atoms with E-state index in [1.165, 1.54) is 4.91 Å². The van der Waals surface area contributed by atoms with Gasteiger partial charge in [-0.25, -0.2) is 0 Å². The van der Waals surface area contributed by atoms with Crippen LogP contribution in [0.15, 0.2) is 11.0 Å². The van der Waals surface area contributed by atoms with Crippen molar-refractivity contribution in [2.45, 2.75) is 19.8 Å². The van der Waals surface area contributed by atoms with Crippen molar-refractivity contribution in [3.8, 4) is 0 Å². The second-order valence-electron chi connectivity index (χ2n) is 2.66. The third-order valence-electron chi connectivity index (χ3n) is 1.85. The quantitative estimate of drug-likeness (QED) is 0.579. The minimum atomic E-state index is 0.294. The largest absolute Gasteiger partial charge is 0.295 e. The van der Waals surface area contributed by atoms with E-state index >= 15 is 0 Å². The molecule has 1 aliphatic carbocycles.